The Balaban J connectivity index is 1.09. The predicted octanol–water partition coefficient (Wildman–Crippen LogP) is 14.9. The van der Waals surface area contributed by atoms with E-state index in [4.69, 9.17) is 24.1 Å². The van der Waals surface area contributed by atoms with Crippen molar-refractivity contribution in [2.45, 2.75) is 13.7 Å². The normalized spacial score (nSPS) is 15.3. The molecule has 8 aromatic carbocycles. The predicted molar refractivity (Wildman–Crippen MR) is 253 cm³/mol. The Morgan fingerprint density at radius 1 is 0.532 bits per heavy atom. The van der Waals surface area contributed by atoms with E-state index in [0.29, 0.717) is 51.7 Å². The van der Waals surface area contributed by atoms with E-state index < -0.39 is 37.4 Å². The minimum atomic E-state index is -2.86. The van der Waals surface area contributed by atoms with Gasteiger partial charge in [0.25, 0.3) is 0 Å². The van der Waals surface area contributed by atoms with Crippen LogP contribution in [0.2, 0.25) is 0 Å². The number of rotatable bonds is 1. The van der Waals surface area contributed by atoms with E-state index in [1.807, 2.05) is 66.7 Å². The van der Waals surface area contributed by atoms with E-state index in [0.717, 1.165) is 45.0 Å². The van der Waals surface area contributed by atoms with Crippen LogP contribution in [0.4, 0.5) is 22.7 Å². The van der Waals surface area contributed by atoms with Gasteiger partial charge in [-0.05, 0) is 115 Å². The Bertz CT molecular complexity index is 3760. The van der Waals surface area contributed by atoms with E-state index in [9.17, 15) is 2.74 Å². The van der Waals surface area contributed by atoms with E-state index >= 15 is 0 Å². The maximum atomic E-state index is 9.27. The maximum Gasteiger partial charge on any atom is 0.137 e. The summed E-state index contributed by atoms with van der Waals surface area (Å²) in [5.74, 6) is 2.11. The van der Waals surface area contributed by atoms with E-state index in [1.54, 1.807) is 42.5 Å². The van der Waals surface area contributed by atoms with Gasteiger partial charge < -0.3 is 19.3 Å². The Labute approximate surface area is 372 Å². The number of anilines is 4. The molecule has 62 heavy (non-hydrogen) atoms. The molecule has 0 radical (unpaired) electrons. The number of ether oxygens (including phenoxy) is 2. The van der Waals surface area contributed by atoms with Crippen molar-refractivity contribution in [3.8, 4) is 62.2 Å². The fourth-order valence-electron chi connectivity index (χ4n) is 8.83. The molecule has 0 atom stereocenters. The van der Waals surface area contributed by atoms with Crippen molar-refractivity contribution in [3.63, 3.8) is 0 Å². The van der Waals surface area contributed by atoms with Crippen molar-refractivity contribution in [1.82, 2.24) is 9.55 Å². The first-order valence-electron chi connectivity index (χ1n) is 24.8. The molecule has 296 valence electrons. The van der Waals surface area contributed by atoms with Crippen molar-refractivity contribution in [1.29, 1.82) is 0 Å². The fourth-order valence-corrected chi connectivity index (χ4v) is 8.83. The van der Waals surface area contributed by atoms with Gasteiger partial charge in [-0.15, -0.1) is 0 Å². The third-order valence-electron chi connectivity index (χ3n) is 11.7. The quantitative estimate of drug-likeness (QED) is 0.165. The monoisotopic (exact) mass is 809 g/mol. The molecule has 5 aliphatic heterocycles. The van der Waals surface area contributed by atoms with E-state index in [1.165, 1.54) is 16.8 Å². The molecule has 0 spiro atoms. The lowest BCUT2D eigenvalue weighted by atomic mass is 9.95. The summed E-state index contributed by atoms with van der Waals surface area (Å²) in [4.78, 5) is 9.39. The van der Waals surface area contributed by atoms with Crippen molar-refractivity contribution in [2.24, 2.45) is 0 Å². The van der Waals surface area contributed by atoms with Crippen molar-refractivity contribution in [3.05, 3.63) is 205 Å². The zero-order valence-corrected chi connectivity index (χ0v) is 33.1. The Kier molecular flexibility index (Phi) is 6.36. The van der Waals surface area contributed by atoms with Crippen LogP contribution in [-0.4, -0.2) is 16.2 Å². The van der Waals surface area contributed by atoms with Gasteiger partial charge in [0.2, 0.25) is 0 Å². The zero-order valence-electron chi connectivity index (χ0n) is 42.1. The molecule has 15 rings (SSSR count). The molecule has 0 N–H and O–H groups in total. The number of hydrogen-bond acceptors (Lipinski definition) is 5. The number of aryl methyl sites for hydroxylation is 1. The lowest BCUT2D eigenvalue weighted by Crippen LogP contribution is -2.24. The van der Waals surface area contributed by atoms with Gasteiger partial charge in [0, 0.05) is 59.7 Å². The minimum Gasteiger partial charge on any atom is -0.457 e. The number of hydrogen-bond donors (Lipinski definition) is 0. The smallest absolute Gasteiger partial charge is 0.137 e. The zero-order chi connectivity index (χ0) is 48.9. The first-order chi connectivity index (χ1) is 34.2. The Morgan fingerprint density at radius 3 is 1.95 bits per heavy atom. The van der Waals surface area contributed by atoms with Crippen LogP contribution >= 0.6 is 0 Å². The van der Waals surface area contributed by atoms with Gasteiger partial charge in [-0.3, -0.25) is 4.57 Å². The molecule has 0 aliphatic carbocycles. The molecule has 10 aromatic rings. The first-order valence-corrected chi connectivity index (χ1v) is 20.3. The molecule has 7 heterocycles. The molecule has 5 aliphatic rings. The van der Waals surface area contributed by atoms with Gasteiger partial charge in [-0.25, -0.2) is 4.98 Å². The molecule has 0 saturated heterocycles. The molecule has 0 saturated carbocycles. The topological polar surface area (TPSA) is 42.8 Å². The van der Waals surface area contributed by atoms with Crippen LogP contribution in [-0.2, 0) is 0 Å². The van der Waals surface area contributed by atoms with Gasteiger partial charge in [-0.2, -0.15) is 0 Å². The van der Waals surface area contributed by atoms with Crippen LogP contribution in [0.3, 0.4) is 0 Å². The summed E-state index contributed by atoms with van der Waals surface area (Å²) in [5, 5.41) is 0.513. The van der Waals surface area contributed by atoms with E-state index in [2.05, 4.69) is 64.4 Å². The minimum absolute atomic E-state index is 0.0343. The molecule has 2 aromatic heterocycles. The molecule has 6 nitrogen and oxygen atoms in total. The third-order valence-corrected chi connectivity index (χ3v) is 11.7. The van der Waals surface area contributed by atoms with Crippen molar-refractivity contribution in [2.75, 3.05) is 16.5 Å². The standard InChI is InChI=1S/C56H40N4O2/c1-36-18-29-51-49(30-36)48-28-27-45-33-54(48)60(51)55-31-37(2)50(34-57-55)40-21-25-43(26-22-40)61-42-23-19-39(20-24-42)47-15-9-14-46(38-10-4-3-5-11-38)56(47)59-35-58(52-16-6-7-17-53(52)59)41-12-8-13-44(32-41)62-45/h3-34H,35H2,1-2H3/i1D3,2D3,18D,29D,30D. The molecule has 0 unspecified atom stereocenters. The van der Waals surface area contributed by atoms with E-state index in [-0.39, 0.29) is 22.3 Å². The lowest BCUT2D eigenvalue weighted by molar-refractivity contribution is 0.482. The largest absolute Gasteiger partial charge is 0.457 e. The number of nitrogens with zero attached hydrogens (tertiary/aromatic N) is 4. The number of benzene rings is 8. The second-order valence-corrected chi connectivity index (χ2v) is 15.4. The summed E-state index contributed by atoms with van der Waals surface area (Å²) < 4.78 is 92.9. The summed E-state index contributed by atoms with van der Waals surface area (Å²) in [6.07, 6.45) is 1.46. The van der Waals surface area contributed by atoms with Crippen LogP contribution < -0.4 is 19.3 Å². The highest BCUT2D eigenvalue weighted by Crippen LogP contribution is 2.50. The summed E-state index contributed by atoms with van der Waals surface area (Å²) in [7, 11) is 0. The SMILES string of the molecule is [2H]c1c(C([2H])([2H])[2H])c([2H])c2c3ccc4cc3n(c2c1[2H])-c1cc(C([2H])([2H])[2H])c(cn1)-c1ccc(cc1)Oc1ccc(cc1)-c1cccc(-c2ccccc2)c1N1CN(c2cccc(c2)O4)c2ccccc21. The number of pyridine rings is 1. The fraction of sp³-hybridized carbons (Fsp3) is 0.0536. The van der Waals surface area contributed by atoms with Gasteiger partial charge in [0.1, 0.15) is 35.5 Å². The Morgan fingerprint density at radius 2 is 1.19 bits per heavy atom. The average Bonchev–Trinajstić information content (AvgIpc) is 3.92. The summed E-state index contributed by atoms with van der Waals surface area (Å²) >= 11 is 0. The summed E-state index contributed by atoms with van der Waals surface area (Å²) in [6.45, 7) is -5.04. The molecule has 0 fully saturated rings. The highest BCUT2D eigenvalue weighted by molar-refractivity contribution is 6.10. The molecular weight excluding hydrogens is 761 g/mol. The highest BCUT2D eigenvalue weighted by Gasteiger charge is 2.31. The van der Waals surface area contributed by atoms with Gasteiger partial charge in [-0.1, -0.05) is 103 Å². The van der Waals surface area contributed by atoms with Crippen molar-refractivity contribution < 1.29 is 21.8 Å². The molecule has 12 bridgehead atoms. The second-order valence-electron chi connectivity index (χ2n) is 15.4. The summed E-state index contributed by atoms with van der Waals surface area (Å²) in [6, 6.07) is 52.9. The van der Waals surface area contributed by atoms with Gasteiger partial charge in [0.15, 0.2) is 0 Å². The number of aromatic nitrogens is 2. The van der Waals surface area contributed by atoms with Crippen LogP contribution in [0.5, 0.6) is 23.0 Å². The van der Waals surface area contributed by atoms with Crippen LogP contribution in [0.15, 0.2) is 194 Å². The highest BCUT2D eigenvalue weighted by atomic mass is 16.5. The third kappa shape index (κ3) is 5.99. The van der Waals surface area contributed by atoms with Crippen LogP contribution in [0, 0.1) is 13.7 Å². The lowest BCUT2D eigenvalue weighted by Gasteiger charge is -2.27. The van der Waals surface area contributed by atoms with Crippen molar-refractivity contribution >= 4 is 44.6 Å². The van der Waals surface area contributed by atoms with Gasteiger partial charge in [0.05, 0.1) is 32.2 Å². The molecule has 6 heteroatoms. The molecular formula is C56H40N4O2. The average molecular weight is 810 g/mol. The van der Waals surface area contributed by atoms with Crippen LogP contribution in [0.25, 0.3) is 61.0 Å². The second kappa shape index (κ2) is 14.3. The number of para-hydroxylation sites is 3. The Hall–Kier alpha value is -8.09. The van der Waals surface area contributed by atoms with Crippen LogP contribution in [0.1, 0.15) is 23.5 Å². The maximum absolute atomic E-state index is 9.27. The molecule has 0 amide bonds. The summed E-state index contributed by atoms with van der Waals surface area (Å²) in [5.41, 5.74) is 8.78. The first kappa shape index (κ1) is 27.6. The number of fused-ring (bicyclic) bond motifs is 6. The van der Waals surface area contributed by atoms with Gasteiger partial charge >= 0.3 is 0 Å².